The van der Waals surface area contributed by atoms with Crippen LogP contribution in [0.15, 0.2) is 54.6 Å². The molecule has 0 saturated carbocycles. The highest BCUT2D eigenvalue weighted by molar-refractivity contribution is 5.90. The van der Waals surface area contributed by atoms with E-state index in [4.69, 9.17) is 9.47 Å². The Bertz CT molecular complexity index is 1030. The quantitative estimate of drug-likeness (QED) is 0.266. The number of amides is 2. The van der Waals surface area contributed by atoms with Crippen LogP contribution in [0.5, 0.6) is 5.75 Å². The lowest BCUT2D eigenvalue weighted by Gasteiger charge is -2.36. The first-order valence-electron chi connectivity index (χ1n) is 14.2. The Morgan fingerprint density at radius 1 is 0.975 bits per heavy atom. The van der Waals surface area contributed by atoms with Crippen molar-refractivity contribution in [1.82, 2.24) is 15.5 Å². The van der Waals surface area contributed by atoms with Gasteiger partial charge in [0, 0.05) is 19.5 Å². The second-order valence-corrected chi connectivity index (χ2v) is 10.9. The second kappa shape index (κ2) is 15.7. The SMILES string of the molecule is CCC(CO)(CO)NC(=O)[C@H](Cc1ccc(OCc2ccccc2)cc1)NC(=O)[C@@H](CC(C)C)N1CCOCC1. The number of hydrogen-bond acceptors (Lipinski definition) is 7. The van der Waals surface area contributed by atoms with Gasteiger partial charge < -0.3 is 30.3 Å². The highest BCUT2D eigenvalue weighted by Crippen LogP contribution is 2.18. The molecule has 40 heavy (non-hydrogen) atoms. The normalized spacial score (nSPS) is 15.8. The lowest BCUT2D eigenvalue weighted by Crippen LogP contribution is -2.61. The number of ether oxygens (including phenoxy) is 2. The van der Waals surface area contributed by atoms with Gasteiger partial charge >= 0.3 is 0 Å². The molecule has 0 bridgehead atoms. The van der Waals surface area contributed by atoms with Crippen molar-refractivity contribution in [3.05, 3.63) is 65.7 Å². The number of nitrogens with zero attached hydrogens (tertiary/aromatic N) is 1. The van der Waals surface area contributed by atoms with Gasteiger partial charge in [-0.05, 0) is 42.0 Å². The molecule has 0 unspecified atom stereocenters. The van der Waals surface area contributed by atoms with Crippen molar-refractivity contribution in [3.63, 3.8) is 0 Å². The van der Waals surface area contributed by atoms with E-state index < -0.39 is 30.7 Å². The van der Waals surface area contributed by atoms with E-state index in [1.54, 1.807) is 6.92 Å². The van der Waals surface area contributed by atoms with Crippen LogP contribution in [-0.2, 0) is 27.4 Å². The number of aliphatic hydroxyl groups is 2. The van der Waals surface area contributed by atoms with E-state index in [-0.39, 0.29) is 24.3 Å². The summed E-state index contributed by atoms with van der Waals surface area (Å²) in [7, 11) is 0. The summed E-state index contributed by atoms with van der Waals surface area (Å²) in [6.07, 6.45) is 1.23. The Hall–Kier alpha value is -2.98. The molecule has 2 aromatic rings. The highest BCUT2D eigenvalue weighted by Gasteiger charge is 2.35. The average molecular weight is 556 g/mol. The third-order valence-corrected chi connectivity index (χ3v) is 7.40. The molecule has 0 aliphatic carbocycles. The monoisotopic (exact) mass is 555 g/mol. The highest BCUT2D eigenvalue weighted by atomic mass is 16.5. The van der Waals surface area contributed by atoms with Crippen LogP contribution in [0.3, 0.4) is 0 Å². The molecule has 1 aliphatic heterocycles. The van der Waals surface area contributed by atoms with Crippen molar-refractivity contribution < 1.29 is 29.3 Å². The minimum atomic E-state index is -1.17. The lowest BCUT2D eigenvalue weighted by atomic mass is 9.96. The zero-order valence-electron chi connectivity index (χ0n) is 24.0. The summed E-state index contributed by atoms with van der Waals surface area (Å²) in [6, 6.07) is 16.1. The van der Waals surface area contributed by atoms with Crippen molar-refractivity contribution >= 4 is 11.8 Å². The third kappa shape index (κ3) is 9.30. The van der Waals surface area contributed by atoms with Crippen molar-refractivity contribution in [2.45, 2.75) is 64.3 Å². The maximum absolute atomic E-state index is 13.6. The van der Waals surface area contributed by atoms with Gasteiger partial charge in [-0.3, -0.25) is 14.5 Å². The fraction of sp³-hybridized carbons (Fsp3) is 0.548. The molecule has 2 amide bonds. The molecule has 2 aromatic carbocycles. The summed E-state index contributed by atoms with van der Waals surface area (Å²) in [5, 5.41) is 25.6. The number of carbonyl (C=O) groups excluding carboxylic acids is 2. The zero-order valence-corrected chi connectivity index (χ0v) is 24.0. The van der Waals surface area contributed by atoms with E-state index in [9.17, 15) is 19.8 Å². The number of hydrogen-bond donors (Lipinski definition) is 4. The Morgan fingerprint density at radius 2 is 1.62 bits per heavy atom. The number of morpholine rings is 1. The second-order valence-electron chi connectivity index (χ2n) is 10.9. The van der Waals surface area contributed by atoms with E-state index >= 15 is 0 Å². The van der Waals surface area contributed by atoms with Crippen LogP contribution in [0.1, 0.15) is 44.7 Å². The summed E-state index contributed by atoms with van der Waals surface area (Å²) < 4.78 is 11.4. The van der Waals surface area contributed by atoms with E-state index in [0.717, 1.165) is 11.1 Å². The van der Waals surface area contributed by atoms with Crippen LogP contribution >= 0.6 is 0 Å². The average Bonchev–Trinajstić information content (AvgIpc) is 2.98. The van der Waals surface area contributed by atoms with Gasteiger partial charge in [-0.1, -0.05) is 63.2 Å². The molecular formula is C31H45N3O6. The van der Waals surface area contributed by atoms with Gasteiger partial charge in [0.05, 0.1) is 38.0 Å². The molecule has 0 aromatic heterocycles. The first-order chi connectivity index (χ1) is 19.3. The van der Waals surface area contributed by atoms with Gasteiger partial charge in [0.25, 0.3) is 0 Å². The molecule has 1 heterocycles. The fourth-order valence-electron chi connectivity index (χ4n) is 4.72. The summed E-state index contributed by atoms with van der Waals surface area (Å²) in [4.78, 5) is 29.3. The summed E-state index contributed by atoms with van der Waals surface area (Å²) >= 11 is 0. The maximum Gasteiger partial charge on any atom is 0.243 e. The summed E-state index contributed by atoms with van der Waals surface area (Å²) in [6.45, 7) is 7.99. The molecule has 4 N–H and O–H groups in total. The van der Waals surface area contributed by atoms with Crippen LogP contribution in [0.2, 0.25) is 0 Å². The molecule has 1 aliphatic rings. The maximum atomic E-state index is 13.6. The molecule has 9 heteroatoms. The van der Waals surface area contributed by atoms with E-state index in [0.29, 0.717) is 51.5 Å². The number of benzene rings is 2. The van der Waals surface area contributed by atoms with Crippen LogP contribution in [-0.4, -0.2) is 84.1 Å². The third-order valence-electron chi connectivity index (χ3n) is 7.40. The first kappa shape index (κ1) is 31.5. The minimum Gasteiger partial charge on any atom is -0.489 e. The predicted molar refractivity (Wildman–Crippen MR) is 154 cm³/mol. The minimum absolute atomic E-state index is 0.214. The van der Waals surface area contributed by atoms with Crippen LogP contribution in [0.25, 0.3) is 0 Å². The molecule has 0 spiro atoms. The van der Waals surface area contributed by atoms with E-state index in [1.807, 2.05) is 54.6 Å². The Labute approximate surface area is 237 Å². The van der Waals surface area contributed by atoms with E-state index in [1.165, 1.54) is 0 Å². The first-order valence-corrected chi connectivity index (χ1v) is 14.2. The summed E-state index contributed by atoms with van der Waals surface area (Å²) in [5.41, 5.74) is 0.736. The molecule has 220 valence electrons. The number of nitrogens with one attached hydrogen (secondary N) is 2. The van der Waals surface area contributed by atoms with Crippen molar-refractivity contribution in [2.75, 3.05) is 39.5 Å². The van der Waals surface area contributed by atoms with Crippen LogP contribution < -0.4 is 15.4 Å². The Balaban J connectivity index is 1.76. The van der Waals surface area contributed by atoms with Gasteiger partial charge in [0.1, 0.15) is 18.4 Å². The van der Waals surface area contributed by atoms with Gasteiger partial charge in [0.2, 0.25) is 11.8 Å². The van der Waals surface area contributed by atoms with E-state index in [2.05, 4.69) is 29.4 Å². The van der Waals surface area contributed by atoms with Crippen LogP contribution in [0, 0.1) is 5.92 Å². The molecule has 1 fully saturated rings. The lowest BCUT2D eigenvalue weighted by molar-refractivity contribution is -0.135. The number of aliphatic hydroxyl groups excluding tert-OH is 2. The number of carbonyl (C=O) groups is 2. The molecule has 0 radical (unpaired) electrons. The van der Waals surface area contributed by atoms with Gasteiger partial charge in [-0.15, -0.1) is 0 Å². The van der Waals surface area contributed by atoms with Gasteiger partial charge in [-0.25, -0.2) is 0 Å². The Kier molecular flexibility index (Phi) is 12.4. The Morgan fingerprint density at radius 3 is 2.20 bits per heavy atom. The van der Waals surface area contributed by atoms with Crippen molar-refractivity contribution in [3.8, 4) is 5.75 Å². The summed E-state index contributed by atoms with van der Waals surface area (Å²) in [5.74, 6) is 0.319. The predicted octanol–water partition coefficient (Wildman–Crippen LogP) is 2.29. The smallest absolute Gasteiger partial charge is 0.243 e. The van der Waals surface area contributed by atoms with Gasteiger partial charge in [0.15, 0.2) is 0 Å². The molecule has 3 rings (SSSR count). The zero-order chi connectivity index (χ0) is 29.0. The van der Waals surface area contributed by atoms with Crippen LogP contribution in [0.4, 0.5) is 0 Å². The van der Waals surface area contributed by atoms with Crippen molar-refractivity contribution in [2.24, 2.45) is 5.92 Å². The fourth-order valence-corrected chi connectivity index (χ4v) is 4.72. The standard InChI is InChI=1S/C31H45N3O6/c1-4-31(21-35,22-36)33-29(37)27(32-30(38)28(18-23(2)3)34-14-16-39-17-15-34)19-24-10-12-26(13-11-24)40-20-25-8-6-5-7-9-25/h5-13,23,27-28,35-36H,4,14-22H2,1-3H3,(H,32,38)(H,33,37)/t27-,28+/m0/s1. The van der Waals surface area contributed by atoms with Gasteiger partial charge in [-0.2, -0.15) is 0 Å². The number of rotatable bonds is 15. The molecular weight excluding hydrogens is 510 g/mol. The molecule has 2 atom stereocenters. The largest absolute Gasteiger partial charge is 0.489 e. The molecule has 9 nitrogen and oxygen atoms in total. The topological polar surface area (TPSA) is 120 Å². The van der Waals surface area contributed by atoms with Crippen molar-refractivity contribution in [1.29, 1.82) is 0 Å². The molecule has 1 saturated heterocycles.